The standard InChI is InChI=1S/C9H15NO2/c1-6(2)7-5-9-8(11)3-4-10(7)12-9/h6-7,9H,3-5H2,1-2H3/t7-,9+/m0/s1. The summed E-state index contributed by atoms with van der Waals surface area (Å²) >= 11 is 0. The molecule has 12 heavy (non-hydrogen) atoms. The van der Waals surface area contributed by atoms with Crippen molar-refractivity contribution in [3.63, 3.8) is 0 Å². The summed E-state index contributed by atoms with van der Waals surface area (Å²) < 4.78 is 0. The van der Waals surface area contributed by atoms with E-state index in [0.717, 1.165) is 13.0 Å². The number of ketones is 1. The fraction of sp³-hybridized carbons (Fsp3) is 0.889. The number of hydroxylamine groups is 2. The van der Waals surface area contributed by atoms with Crippen LogP contribution in [0.25, 0.3) is 0 Å². The Bertz CT molecular complexity index is 203. The molecule has 0 aromatic rings. The second-order valence-corrected chi connectivity index (χ2v) is 4.00. The van der Waals surface area contributed by atoms with E-state index in [9.17, 15) is 4.79 Å². The third-order valence-electron chi connectivity index (χ3n) is 2.80. The van der Waals surface area contributed by atoms with E-state index in [2.05, 4.69) is 13.8 Å². The lowest BCUT2D eigenvalue weighted by Crippen LogP contribution is -2.37. The van der Waals surface area contributed by atoms with Crippen LogP contribution in [0, 0.1) is 5.92 Å². The molecule has 2 bridgehead atoms. The van der Waals surface area contributed by atoms with Gasteiger partial charge in [-0.05, 0) is 5.92 Å². The molecule has 2 rings (SSSR count). The third kappa shape index (κ3) is 1.17. The summed E-state index contributed by atoms with van der Waals surface area (Å²) in [6.45, 7) is 5.15. The van der Waals surface area contributed by atoms with Gasteiger partial charge in [0.05, 0.1) is 0 Å². The first-order chi connectivity index (χ1) is 5.68. The molecule has 2 saturated heterocycles. The number of Topliss-reactive ketones (excluding diaryl/α,β-unsaturated/α-hetero) is 1. The van der Waals surface area contributed by atoms with Gasteiger partial charge >= 0.3 is 0 Å². The molecular formula is C9H15NO2. The van der Waals surface area contributed by atoms with E-state index in [1.165, 1.54) is 0 Å². The Hall–Kier alpha value is -0.410. The van der Waals surface area contributed by atoms with Crippen molar-refractivity contribution in [2.24, 2.45) is 5.92 Å². The maximum atomic E-state index is 11.3. The number of fused-ring (bicyclic) bond motifs is 2. The lowest BCUT2D eigenvalue weighted by Gasteiger charge is -2.26. The summed E-state index contributed by atoms with van der Waals surface area (Å²) in [7, 11) is 0. The minimum atomic E-state index is -0.119. The van der Waals surface area contributed by atoms with Gasteiger partial charge in [0, 0.05) is 25.4 Å². The van der Waals surface area contributed by atoms with Gasteiger partial charge in [0.2, 0.25) is 0 Å². The molecule has 0 N–H and O–H groups in total. The van der Waals surface area contributed by atoms with Crippen LogP contribution in [0.5, 0.6) is 0 Å². The van der Waals surface area contributed by atoms with Gasteiger partial charge < -0.3 is 0 Å². The van der Waals surface area contributed by atoms with E-state index >= 15 is 0 Å². The zero-order valence-corrected chi connectivity index (χ0v) is 7.62. The molecule has 0 radical (unpaired) electrons. The average molecular weight is 169 g/mol. The Kier molecular flexibility index (Phi) is 1.93. The van der Waals surface area contributed by atoms with Gasteiger partial charge in [0.25, 0.3) is 0 Å². The molecule has 68 valence electrons. The summed E-state index contributed by atoms with van der Waals surface area (Å²) in [5.41, 5.74) is 0. The van der Waals surface area contributed by atoms with Gasteiger partial charge in [-0.3, -0.25) is 9.63 Å². The first-order valence-electron chi connectivity index (χ1n) is 4.64. The van der Waals surface area contributed by atoms with Gasteiger partial charge in [-0.15, -0.1) is 0 Å². The number of nitrogens with zero attached hydrogens (tertiary/aromatic N) is 1. The fourth-order valence-electron chi connectivity index (χ4n) is 2.02. The lowest BCUT2D eigenvalue weighted by molar-refractivity contribution is -0.192. The maximum Gasteiger partial charge on any atom is 0.165 e. The number of rotatable bonds is 1. The molecule has 2 aliphatic rings. The topological polar surface area (TPSA) is 29.5 Å². The van der Waals surface area contributed by atoms with Crippen molar-refractivity contribution in [2.75, 3.05) is 6.54 Å². The van der Waals surface area contributed by atoms with Crippen LogP contribution in [0.4, 0.5) is 0 Å². The van der Waals surface area contributed by atoms with Crippen molar-refractivity contribution in [2.45, 2.75) is 38.8 Å². The smallest absolute Gasteiger partial charge is 0.165 e. The fourth-order valence-corrected chi connectivity index (χ4v) is 2.02. The highest BCUT2D eigenvalue weighted by Gasteiger charge is 2.42. The van der Waals surface area contributed by atoms with Crippen LogP contribution < -0.4 is 0 Å². The summed E-state index contributed by atoms with van der Waals surface area (Å²) in [6, 6.07) is 0.460. The van der Waals surface area contributed by atoms with Gasteiger partial charge in [0.15, 0.2) is 5.78 Å². The Labute approximate surface area is 72.6 Å². The minimum Gasteiger partial charge on any atom is -0.297 e. The molecule has 2 heterocycles. The Morgan fingerprint density at radius 3 is 2.92 bits per heavy atom. The van der Waals surface area contributed by atoms with E-state index in [1.807, 2.05) is 5.06 Å². The summed E-state index contributed by atoms with van der Waals surface area (Å²) in [5, 5.41) is 2.00. The van der Waals surface area contributed by atoms with Crippen molar-refractivity contribution in [3.8, 4) is 0 Å². The van der Waals surface area contributed by atoms with Crippen LogP contribution >= 0.6 is 0 Å². The molecule has 0 aliphatic carbocycles. The van der Waals surface area contributed by atoms with Gasteiger partial charge in [-0.1, -0.05) is 13.8 Å². The maximum absolute atomic E-state index is 11.3. The van der Waals surface area contributed by atoms with Crippen LogP contribution in [0.1, 0.15) is 26.7 Å². The van der Waals surface area contributed by atoms with Crippen molar-refractivity contribution in [3.05, 3.63) is 0 Å². The van der Waals surface area contributed by atoms with Gasteiger partial charge in [-0.25, -0.2) is 0 Å². The highest BCUT2D eigenvalue weighted by Crippen LogP contribution is 2.31. The predicted molar refractivity (Wildman–Crippen MR) is 44.4 cm³/mol. The predicted octanol–water partition coefficient (Wildman–Crippen LogP) is 0.990. The second-order valence-electron chi connectivity index (χ2n) is 4.00. The first kappa shape index (κ1) is 8.20. The monoisotopic (exact) mass is 169 g/mol. The first-order valence-corrected chi connectivity index (χ1v) is 4.64. The van der Waals surface area contributed by atoms with Crippen molar-refractivity contribution in [1.82, 2.24) is 5.06 Å². The molecule has 0 aromatic heterocycles. The highest BCUT2D eigenvalue weighted by molar-refractivity contribution is 5.84. The van der Waals surface area contributed by atoms with Gasteiger partial charge in [0.1, 0.15) is 6.10 Å². The molecule has 0 saturated carbocycles. The third-order valence-corrected chi connectivity index (χ3v) is 2.80. The van der Waals surface area contributed by atoms with E-state index in [1.54, 1.807) is 0 Å². The number of carbonyl (C=O) groups excluding carboxylic acids is 1. The van der Waals surface area contributed by atoms with Crippen LogP contribution in [0.2, 0.25) is 0 Å². The Morgan fingerprint density at radius 1 is 1.58 bits per heavy atom. The number of hydrogen-bond donors (Lipinski definition) is 0. The normalized spacial score (nSPS) is 40.9. The van der Waals surface area contributed by atoms with Crippen LogP contribution in [0.3, 0.4) is 0 Å². The Balaban J connectivity index is 2.10. The van der Waals surface area contributed by atoms with Crippen LogP contribution in [-0.4, -0.2) is 29.5 Å². The number of hydrogen-bond acceptors (Lipinski definition) is 3. The Morgan fingerprint density at radius 2 is 2.33 bits per heavy atom. The van der Waals surface area contributed by atoms with Crippen LogP contribution in [0.15, 0.2) is 0 Å². The molecule has 3 atom stereocenters. The minimum absolute atomic E-state index is 0.119. The molecule has 2 aliphatic heterocycles. The van der Waals surface area contributed by atoms with E-state index in [4.69, 9.17) is 4.84 Å². The molecule has 3 heteroatoms. The second kappa shape index (κ2) is 2.82. The quantitative estimate of drug-likeness (QED) is 0.586. The van der Waals surface area contributed by atoms with E-state index in [-0.39, 0.29) is 11.9 Å². The average Bonchev–Trinajstić information content (AvgIpc) is 2.37. The molecule has 3 nitrogen and oxygen atoms in total. The molecule has 0 spiro atoms. The zero-order valence-electron chi connectivity index (χ0n) is 7.62. The van der Waals surface area contributed by atoms with Crippen LogP contribution in [-0.2, 0) is 9.63 Å². The molecule has 0 amide bonds. The van der Waals surface area contributed by atoms with Crippen molar-refractivity contribution < 1.29 is 9.63 Å². The molecule has 0 aromatic carbocycles. The zero-order chi connectivity index (χ0) is 8.72. The molecule has 1 unspecified atom stereocenters. The summed E-state index contributed by atoms with van der Waals surface area (Å²) in [6.07, 6.45) is 1.45. The largest absolute Gasteiger partial charge is 0.297 e. The van der Waals surface area contributed by atoms with E-state index in [0.29, 0.717) is 18.4 Å². The summed E-state index contributed by atoms with van der Waals surface area (Å²) in [5.74, 6) is 0.871. The van der Waals surface area contributed by atoms with Crippen molar-refractivity contribution in [1.29, 1.82) is 0 Å². The lowest BCUT2D eigenvalue weighted by atomic mass is 9.99. The molecular weight excluding hydrogens is 154 g/mol. The van der Waals surface area contributed by atoms with Gasteiger partial charge in [-0.2, -0.15) is 5.06 Å². The SMILES string of the molecule is CC(C)[C@@H]1C[C@H]2ON1CCC2=O. The van der Waals surface area contributed by atoms with E-state index < -0.39 is 0 Å². The van der Waals surface area contributed by atoms with Crippen molar-refractivity contribution >= 4 is 5.78 Å². The number of carbonyl (C=O) groups is 1. The molecule has 2 fully saturated rings. The highest BCUT2D eigenvalue weighted by atomic mass is 16.7. The summed E-state index contributed by atoms with van der Waals surface area (Å²) in [4.78, 5) is 16.7.